The van der Waals surface area contributed by atoms with Crippen molar-refractivity contribution < 1.29 is 4.48 Å². The molecule has 0 unspecified atom stereocenters. The van der Waals surface area contributed by atoms with Crippen LogP contribution in [0.5, 0.6) is 0 Å². The first-order valence-corrected chi connectivity index (χ1v) is 5.67. The van der Waals surface area contributed by atoms with Crippen molar-refractivity contribution in [1.82, 2.24) is 14.7 Å². The predicted molar refractivity (Wildman–Crippen MR) is 54.7 cm³/mol. The van der Waals surface area contributed by atoms with Crippen LogP contribution in [-0.2, 0) is 0 Å². The molecule has 4 bridgehead atoms. The summed E-state index contributed by atoms with van der Waals surface area (Å²) < 4.78 is 1.29. The molecule has 4 heterocycles. The van der Waals surface area contributed by atoms with Gasteiger partial charge in [-0.25, -0.2) is 14.7 Å². The van der Waals surface area contributed by atoms with Gasteiger partial charge < -0.3 is 0 Å². The molecular weight excluding hydrogens is 176 g/mol. The first-order chi connectivity index (χ1) is 6.65. The van der Waals surface area contributed by atoms with Crippen LogP contribution in [0.25, 0.3) is 0 Å². The van der Waals surface area contributed by atoms with E-state index in [0.717, 1.165) is 5.92 Å². The summed E-state index contributed by atoms with van der Waals surface area (Å²) in [5.74, 6) is 0.815. The molecule has 0 spiro atoms. The normalized spacial score (nSPS) is 50.4. The maximum absolute atomic E-state index is 2.58. The Morgan fingerprint density at radius 3 is 1.71 bits per heavy atom. The van der Waals surface area contributed by atoms with Gasteiger partial charge in [0.2, 0.25) is 0 Å². The smallest absolute Gasteiger partial charge is 0.139 e. The minimum Gasteiger partial charge on any atom is -0.286 e. The van der Waals surface area contributed by atoms with Gasteiger partial charge in [0.05, 0.1) is 26.6 Å². The molecule has 0 aromatic rings. The summed E-state index contributed by atoms with van der Waals surface area (Å²) in [6, 6.07) is 0. The van der Waals surface area contributed by atoms with Gasteiger partial charge >= 0.3 is 0 Å². The summed E-state index contributed by atoms with van der Waals surface area (Å²) in [7, 11) is 0. The molecular formula is C10H21N4+. The van der Waals surface area contributed by atoms with E-state index in [4.69, 9.17) is 0 Å². The van der Waals surface area contributed by atoms with Gasteiger partial charge in [0.15, 0.2) is 0 Å². The second-order valence-electron chi connectivity index (χ2n) is 5.78. The quantitative estimate of drug-likeness (QED) is 0.584. The highest BCUT2D eigenvalue weighted by molar-refractivity contribution is 4.74. The second kappa shape index (κ2) is 2.92. The zero-order valence-corrected chi connectivity index (χ0v) is 9.32. The minimum absolute atomic E-state index is 0.815. The van der Waals surface area contributed by atoms with Crippen molar-refractivity contribution in [2.75, 3.05) is 46.6 Å². The molecule has 4 heteroatoms. The largest absolute Gasteiger partial charge is 0.286 e. The molecule has 0 radical (unpaired) electrons. The van der Waals surface area contributed by atoms with Crippen LogP contribution < -0.4 is 0 Å². The van der Waals surface area contributed by atoms with E-state index in [1.165, 1.54) is 51.0 Å². The molecule has 0 saturated carbocycles. The molecule has 0 aliphatic carbocycles. The first kappa shape index (κ1) is 9.09. The third-order valence-electron chi connectivity index (χ3n) is 3.45. The molecule has 14 heavy (non-hydrogen) atoms. The molecule has 4 aliphatic rings. The summed E-state index contributed by atoms with van der Waals surface area (Å²) in [5, 5.41) is 0. The van der Waals surface area contributed by atoms with E-state index in [1.54, 1.807) is 0 Å². The minimum atomic E-state index is 0.815. The highest BCUT2D eigenvalue weighted by Crippen LogP contribution is 2.29. The molecule has 4 nitrogen and oxygen atoms in total. The monoisotopic (exact) mass is 197 g/mol. The molecule has 0 N–H and O–H groups in total. The van der Waals surface area contributed by atoms with E-state index >= 15 is 0 Å². The Kier molecular flexibility index (Phi) is 1.89. The molecule has 4 rings (SSSR count). The summed E-state index contributed by atoms with van der Waals surface area (Å²) in [4.78, 5) is 7.75. The highest BCUT2D eigenvalue weighted by atomic mass is 15.7. The standard InChI is InChI=1S/C10H21N4/c1-10(2)3-14-7-11-4-12(8-14)6-13(5-11)9-14/h10H,3-9H2,1-2H3/q+1. The van der Waals surface area contributed by atoms with E-state index < -0.39 is 0 Å². The van der Waals surface area contributed by atoms with Gasteiger partial charge in [-0.1, -0.05) is 13.8 Å². The van der Waals surface area contributed by atoms with Crippen molar-refractivity contribution in [2.45, 2.75) is 13.8 Å². The van der Waals surface area contributed by atoms with Crippen molar-refractivity contribution in [3.8, 4) is 0 Å². The Morgan fingerprint density at radius 2 is 1.36 bits per heavy atom. The average Bonchev–Trinajstić information content (AvgIpc) is 1.96. The molecule has 0 aromatic carbocycles. The molecule has 4 fully saturated rings. The summed E-state index contributed by atoms with van der Waals surface area (Å²) in [6.45, 7) is 13.5. The van der Waals surface area contributed by atoms with Crippen LogP contribution >= 0.6 is 0 Å². The number of nitrogens with zero attached hydrogens (tertiary/aromatic N) is 4. The maximum Gasteiger partial charge on any atom is 0.139 e. The fourth-order valence-electron chi connectivity index (χ4n) is 3.61. The SMILES string of the molecule is CC(C)C[N+]12CN3CN(CN(C3)C1)C2. The van der Waals surface area contributed by atoms with Crippen molar-refractivity contribution in [1.29, 1.82) is 0 Å². The van der Waals surface area contributed by atoms with Crippen LogP contribution in [0, 0.1) is 5.92 Å². The Bertz CT molecular complexity index is 197. The summed E-state index contributed by atoms with van der Waals surface area (Å²) in [5.41, 5.74) is 0. The van der Waals surface area contributed by atoms with Crippen molar-refractivity contribution in [3.63, 3.8) is 0 Å². The summed E-state index contributed by atoms with van der Waals surface area (Å²) in [6.07, 6.45) is 0. The Labute approximate surface area is 86.3 Å². The van der Waals surface area contributed by atoms with Gasteiger partial charge in [-0.3, -0.25) is 4.48 Å². The van der Waals surface area contributed by atoms with Crippen molar-refractivity contribution >= 4 is 0 Å². The van der Waals surface area contributed by atoms with Crippen LogP contribution in [0.1, 0.15) is 13.8 Å². The van der Waals surface area contributed by atoms with Gasteiger partial charge in [0, 0.05) is 5.92 Å². The fourth-order valence-corrected chi connectivity index (χ4v) is 3.61. The first-order valence-electron chi connectivity index (χ1n) is 5.67. The Hall–Kier alpha value is -0.160. The highest BCUT2D eigenvalue weighted by Gasteiger charge is 2.48. The van der Waals surface area contributed by atoms with Gasteiger partial charge in [0.25, 0.3) is 0 Å². The average molecular weight is 197 g/mol. The number of hydrogen-bond acceptors (Lipinski definition) is 3. The van der Waals surface area contributed by atoms with Gasteiger partial charge in [-0.05, 0) is 0 Å². The molecule has 0 atom stereocenters. The summed E-state index contributed by atoms with van der Waals surface area (Å²) >= 11 is 0. The zero-order valence-electron chi connectivity index (χ0n) is 9.32. The lowest BCUT2D eigenvalue weighted by atomic mass is 10.1. The van der Waals surface area contributed by atoms with E-state index in [2.05, 4.69) is 28.5 Å². The molecule has 0 amide bonds. The van der Waals surface area contributed by atoms with Crippen LogP contribution in [0.4, 0.5) is 0 Å². The molecule has 4 aliphatic heterocycles. The van der Waals surface area contributed by atoms with Crippen LogP contribution in [0.2, 0.25) is 0 Å². The number of hydrogen-bond donors (Lipinski definition) is 0. The van der Waals surface area contributed by atoms with E-state index in [0.29, 0.717) is 0 Å². The lowest BCUT2D eigenvalue weighted by Crippen LogP contribution is -2.79. The number of rotatable bonds is 2. The fraction of sp³-hybridized carbons (Fsp3) is 1.00. The van der Waals surface area contributed by atoms with Crippen molar-refractivity contribution in [3.05, 3.63) is 0 Å². The molecule has 0 aromatic heterocycles. The Morgan fingerprint density at radius 1 is 0.929 bits per heavy atom. The third-order valence-corrected chi connectivity index (χ3v) is 3.45. The predicted octanol–water partition coefficient (Wildman–Crippen LogP) is 0.151. The van der Waals surface area contributed by atoms with Gasteiger partial charge in [-0.2, -0.15) is 0 Å². The van der Waals surface area contributed by atoms with E-state index in [-0.39, 0.29) is 0 Å². The Balaban J connectivity index is 1.80. The second-order valence-corrected chi connectivity index (χ2v) is 5.78. The van der Waals surface area contributed by atoms with Gasteiger partial charge in [-0.15, -0.1) is 0 Å². The number of quaternary nitrogens is 1. The lowest BCUT2D eigenvalue weighted by molar-refractivity contribution is -0.982. The maximum atomic E-state index is 2.58. The van der Waals surface area contributed by atoms with E-state index in [9.17, 15) is 0 Å². The van der Waals surface area contributed by atoms with E-state index in [1.807, 2.05) is 0 Å². The third kappa shape index (κ3) is 1.37. The van der Waals surface area contributed by atoms with Crippen LogP contribution in [-0.4, -0.2) is 65.7 Å². The van der Waals surface area contributed by atoms with Crippen molar-refractivity contribution in [2.24, 2.45) is 5.92 Å². The van der Waals surface area contributed by atoms with Crippen LogP contribution in [0.15, 0.2) is 0 Å². The molecule has 4 saturated heterocycles. The topological polar surface area (TPSA) is 9.72 Å². The van der Waals surface area contributed by atoms with Gasteiger partial charge in [0.1, 0.15) is 20.0 Å². The molecule has 80 valence electrons. The zero-order chi connectivity index (χ0) is 9.76. The lowest BCUT2D eigenvalue weighted by Gasteiger charge is -2.61. The van der Waals surface area contributed by atoms with Crippen LogP contribution in [0.3, 0.4) is 0 Å².